The molecular formula is C39H39Cl2N5O9. The van der Waals surface area contributed by atoms with Gasteiger partial charge in [0.25, 0.3) is 6.47 Å². The van der Waals surface area contributed by atoms with E-state index in [-0.39, 0.29) is 41.2 Å². The average molecular weight is 793 g/mol. The minimum absolute atomic E-state index is 0.0623. The fourth-order valence-corrected chi connectivity index (χ4v) is 7.63. The van der Waals surface area contributed by atoms with Gasteiger partial charge < -0.3 is 29.3 Å². The number of para-hydroxylation sites is 1. The molecule has 16 heteroatoms. The number of methoxy groups -OCH3 is 2. The van der Waals surface area contributed by atoms with E-state index in [0.29, 0.717) is 50.0 Å². The van der Waals surface area contributed by atoms with Gasteiger partial charge in [-0.05, 0) is 73.3 Å². The lowest BCUT2D eigenvalue weighted by Crippen LogP contribution is -2.53. The average Bonchev–Trinajstić information content (AvgIpc) is 3.68. The summed E-state index contributed by atoms with van der Waals surface area (Å²) >= 11 is 12.9. The number of rotatable bonds is 11. The van der Waals surface area contributed by atoms with Gasteiger partial charge >= 0.3 is 12.1 Å². The van der Waals surface area contributed by atoms with Crippen molar-refractivity contribution in [2.24, 2.45) is 5.92 Å². The predicted octanol–water partition coefficient (Wildman–Crippen LogP) is 6.60. The Bertz CT molecular complexity index is 2130. The van der Waals surface area contributed by atoms with Gasteiger partial charge in [-0.25, -0.2) is 9.59 Å². The van der Waals surface area contributed by atoms with Gasteiger partial charge in [0, 0.05) is 23.9 Å². The molecule has 2 atom stereocenters. The Morgan fingerprint density at radius 2 is 1.76 bits per heavy atom. The molecule has 1 amide bonds. The lowest BCUT2D eigenvalue weighted by Gasteiger charge is -2.44. The van der Waals surface area contributed by atoms with Gasteiger partial charge in [-0.3, -0.25) is 19.7 Å². The fourth-order valence-electron chi connectivity index (χ4n) is 7.03. The number of anilines is 1. The van der Waals surface area contributed by atoms with Gasteiger partial charge in [0.1, 0.15) is 22.3 Å². The highest BCUT2D eigenvalue weighted by atomic mass is 35.5. The lowest BCUT2D eigenvalue weighted by molar-refractivity contribution is -0.605. The summed E-state index contributed by atoms with van der Waals surface area (Å²) in [6.45, 7) is 2.63. The first-order chi connectivity index (χ1) is 26.6. The van der Waals surface area contributed by atoms with Crippen molar-refractivity contribution in [2.75, 3.05) is 38.8 Å². The Kier molecular flexibility index (Phi) is 12.6. The number of aromatic nitrogens is 3. The second-order valence-corrected chi connectivity index (χ2v) is 13.9. The number of fused-ring (bicyclic) bond motifs is 4. The van der Waals surface area contributed by atoms with Crippen molar-refractivity contribution in [1.82, 2.24) is 15.1 Å². The first kappa shape index (κ1) is 39.1. The van der Waals surface area contributed by atoms with Crippen LogP contribution in [0.1, 0.15) is 46.0 Å². The number of carbonyl (C=O) groups excluding carboxylic acids is 2. The molecule has 0 unspecified atom stereocenters. The van der Waals surface area contributed by atoms with Crippen LogP contribution in [0.3, 0.4) is 0 Å². The molecule has 0 aliphatic carbocycles. The number of carbonyl (C=O) groups is 3. The molecule has 3 aliphatic rings. The minimum Gasteiger partial charge on any atom is -0.619 e. The van der Waals surface area contributed by atoms with Gasteiger partial charge in [0.15, 0.2) is 23.9 Å². The van der Waals surface area contributed by atoms with Crippen LogP contribution < -0.4 is 19.1 Å². The summed E-state index contributed by atoms with van der Waals surface area (Å²) in [5.41, 5.74) is 3.26. The van der Waals surface area contributed by atoms with Gasteiger partial charge in [0.2, 0.25) is 0 Å². The zero-order chi connectivity index (χ0) is 39.1. The van der Waals surface area contributed by atoms with Gasteiger partial charge in [0.05, 0.1) is 43.7 Å². The van der Waals surface area contributed by atoms with E-state index in [1.54, 1.807) is 47.5 Å². The van der Waals surface area contributed by atoms with Crippen molar-refractivity contribution < 1.29 is 43.2 Å². The second kappa shape index (κ2) is 17.7. The molecule has 14 nitrogen and oxygen atoms in total. The van der Waals surface area contributed by atoms with Crippen molar-refractivity contribution in [3.05, 3.63) is 117 Å². The van der Waals surface area contributed by atoms with Crippen LogP contribution in [0.4, 0.5) is 10.5 Å². The van der Waals surface area contributed by atoms with Crippen molar-refractivity contribution in [3.8, 4) is 11.5 Å². The molecule has 3 saturated heterocycles. The van der Waals surface area contributed by atoms with Crippen LogP contribution in [0.2, 0.25) is 10.0 Å². The molecule has 288 valence electrons. The third-order valence-electron chi connectivity index (χ3n) is 9.79. The van der Waals surface area contributed by atoms with Crippen LogP contribution in [0, 0.1) is 11.1 Å². The van der Waals surface area contributed by atoms with E-state index in [0.717, 1.165) is 37.9 Å². The summed E-state index contributed by atoms with van der Waals surface area (Å²) < 4.78 is 23.8. The molecule has 0 saturated carbocycles. The van der Waals surface area contributed by atoms with E-state index in [1.165, 1.54) is 26.6 Å². The maximum Gasteiger partial charge on any atom is 0.414 e. The van der Waals surface area contributed by atoms with Gasteiger partial charge in [-0.1, -0.05) is 53.5 Å². The number of ether oxygens (including phenoxy) is 4. The number of hydrogen-bond donors (Lipinski definition) is 2. The molecule has 2 bridgehead atoms. The highest BCUT2D eigenvalue weighted by molar-refractivity contribution is 6.35. The summed E-state index contributed by atoms with van der Waals surface area (Å²) in [7, 11) is 3.03. The zero-order valence-corrected chi connectivity index (χ0v) is 31.5. The number of H-pyrrole nitrogens is 1. The van der Waals surface area contributed by atoms with Crippen LogP contribution in [-0.4, -0.2) is 78.7 Å². The molecule has 2 aromatic heterocycles. The van der Waals surface area contributed by atoms with Crippen molar-refractivity contribution >= 4 is 58.3 Å². The van der Waals surface area contributed by atoms with Crippen molar-refractivity contribution in [1.29, 1.82) is 0 Å². The first-order valence-corrected chi connectivity index (χ1v) is 18.2. The summed E-state index contributed by atoms with van der Waals surface area (Å²) in [4.78, 5) is 40.2. The number of benzene rings is 3. The third-order valence-corrected chi connectivity index (χ3v) is 10.4. The summed E-state index contributed by atoms with van der Waals surface area (Å²) in [6.07, 6.45) is 4.60. The molecule has 2 N–H and O–H groups in total. The third kappa shape index (κ3) is 9.05. The largest absolute Gasteiger partial charge is 0.619 e. The zero-order valence-electron chi connectivity index (χ0n) is 30.0. The van der Waals surface area contributed by atoms with E-state index in [1.807, 2.05) is 24.3 Å². The maximum atomic E-state index is 14.0. The quantitative estimate of drug-likeness (QED) is 0.0640. The summed E-state index contributed by atoms with van der Waals surface area (Å²) in [6, 6.07) is 17.7. The smallest absolute Gasteiger partial charge is 0.414 e. The van der Waals surface area contributed by atoms with Crippen molar-refractivity contribution in [3.63, 3.8) is 0 Å². The number of pyridine rings is 1. The highest BCUT2D eigenvalue weighted by Gasteiger charge is 2.38. The number of halogens is 2. The van der Waals surface area contributed by atoms with Crippen molar-refractivity contribution in [2.45, 2.75) is 38.0 Å². The Morgan fingerprint density at radius 1 is 1.05 bits per heavy atom. The number of amides is 1. The normalized spacial score (nSPS) is 17.7. The molecule has 0 spiro atoms. The summed E-state index contributed by atoms with van der Waals surface area (Å²) in [5, 5.41) is 27.2. The van der Waals surface area contributed by atoms with Crippen LogP contribution in [-0.2, 0) is 27.2 Å². The van der Waals surface area contributed by atoms with E-state index >= 15 is 0 Å². The SMILES string of the molecule is COc1ccc([C@H](Cc2c(Cl)c[n+]([O-])cc2Cl)OC(=O)c2cccc(CN(C(=O)O[C@H]3CN4CCC3CC4)c3cccc4cn[nH]c34)c2)cc1OC.O=CO. The number of carboxylic acid groups (broad SMARTS) is 1. The molecule has 55 heavy (non-hydrogen) atoms. The van der Waals surface area contributed by atoms with E-state index in [4.69, 9.17) is 52.1 Å². The Morgan fingerprint density at radius 3 is 2.44 bits per heavy atom. The molecular weight excluding hydrogens is 753 g/mol. The standard InChI is InChI=1S/C38H37Cl2N5O7.CH2O2/c1-49-32-10-9-25(16-34(32)50-2)33(17-28-29(39)20-44(48)21-30(28)40)51-37(46)26-6-3-5-23(15-26)19-45(31-8-4-7-27-18-41-42-36(27)31)38(47)52-35-22-43-13-11-24(35)12-14-43;2-1-3/h3-10,15-16,18,20-21,24,33,35H,11-14,17,19,22H2,1-2H3,(H,41,42);1H,(H,2,3)/t33-,35-;/m0./s1. The Labute approximate surface area is 326 Å². The molecule has 3 aromatic carbocycles. The second-order valence-electron chi connectivity index (χ2n) is 13.1. The number of nitrogens with one attached hydrogen (secondary N) is 1. The van der Waals surface area contributed by atoms with Crippen LogP contribution >= 0.6 is 23.2 Å². The first-order valence-electron chi connectivity index (χ1n) is 17.4. The van der Waals surface area contributed by atoms with Crippen LogP contribution in [0.15, 0.2) is 79.3 Å². The van der Waals surface area contributed by atoms with Gasteiger partial charge in [-0.2, -0.15) is 9.83 Å². The Hall–Kier alpha value is -5.57. The van der Waals surface area contributed by atoms with Gasteiger partial charge in [-0.15, -0.1) is 0 Å². The number of piperidine rings is 3. The molecule has 3 aliphatic heterocycles. The summed E-state index contributed by atoms with van der Waals surface area (Å²) in [5.74, 6) is 0.635. The van der Waals surface area contributed by atoms with E-state index in [2.05, 4.69) is 15.1 Å². The number of nitrogens with zero attached hydrogens (tertiary/aromatic N) is 4. The Balaban J connectivity index is 0.00000166. The highest BCUT2D eigenvalue weighted by Crippen LogP contribution is 2.36. The lowest BCUT2D eigenvalue weighted by atomic mass is 9.86. The van der Waals surface area contributed by atoms with Crippen LogP contribution in [0.5, 0.6) is 11.5 Å². The molecule has 8 rings (SSSR count). The van der Waals surface area contributed by atoms with Crippen LogP contribution in [0.25, 0.3) is 10.9 Å². The predicted molar refractivity (Wildman–Crippen MR) is 204 cm³/mol. The number of aromatic amines is 1. The number of esters is 1. The number of hydrogen-bond acceptors (Lipinski definition) is 10. The maximum absolute atomic E-state index is 14.0. The molecule has 0 radical (unpaired) electrons. The molecule has 5 heterocycles. The molecule has 3 fully saturated rings. The molecule has 5 aromatic rings. The van der Waals surface area contributed by atoms with E-state index < -0.39 is 18.2 Å². The fraction of sp³-hybridized carbons (Fsp3) is 0.308. The monoisotopic (exact) mass is 791 g/mol. The topological polar surface area (TPSA) is 170 Å². The minimum atomic E-state index is -0.889. The van der Waals surface area contributed by atoms with E-state index in [9.17, 15) is 14.8 Å².